The highest BCUT2D eigenvalue weighted by Gasteiger charge is 2.25. The molecule has 0 aromatic carbocycles. The minimum absolute atomic E-state index is 0.130. The number of amides is 2. The number of carbonyl (C=O) groups excluding carboxylic acids is 1. The molecule has 3 rings (SSSR count). The molecule has 0 radical (unpaired) electrons. The van der Waals surface area contributed by atoms with E-state index in [1.165, 1.54) is 0 Å². The van der Waals surface area contributed by atoms with Crippen LogP contribution >= 0.6 is 11.3 Å². The molecule has 24 heavy (non-hydrogen) atoms. The third-order valence-corrected chi connectivity index (χ3v) is 4.87. The fraction of sp³-hybridized carbons (Fsp3) is 0.500. The van der Waals surface area contributed by atoms with Crippen molar-refractivity contribution in [1.29, 1.82) is 0 Å². The number of hydrogen-bond acceptors (Lipinski definition) is 6. The molecule has 1 unspecified atom stereocenters. The molecule has 2 aromatic rings. The van der Waals surface area contributed by atoms with E-state index < -0.39 is 0 Å². The minimum Gasteiger partial charge on any atom is -0.363 e. The monoisotopic (exact) mass is 346 g/mol. The van der Waals surface area contributed by atoms with E-state index >= 15 is 0 Å². The predicted molar refractivity (Wildman–Crippen MR) is 95.5 cm³/mol. The van der Waals surface area contributed by atoms with Gasteiger partial charge in [-0.25, -0.2) is 14.8 Å². The van der Waals surface area contributed by atoms with Crippen molar-refractivity contribution in [2.45, 2.75) is 19.3 Å². The third-order valence-electron chi connectivity index (χ3n) is 4.07. The maximum Gasteiger partial charge on any atom is 0.324 e. The van der Waals surface area contributed by atoms with Crippen molar-refractivity contribution in [1.82, 2.24) is 19.9 Å². The van der Waals surface area contributed by atoms with Gasteiger partial charge >= 0.3 is 6.03 Å². The van der Waals surface area contributed by atoms with E-state index in [1.54, 1.807) is 23.6 Å². The van der Waals surface area contributed by atoms with Crippen LogP contribution in [0.1, 0.15) is 17.8 Å². The van der Waals surface area contributed by atoms with Crippen molar-refractivity contribution in [3.05, 3.63) is 28.8 Å². The van der Waals surface area contributed by atoms with Crippen molar-refractivity contribution in [2.24, 2.45) is 5.92 Å². The number of carbonyl (C=O) groups is 1. The highest BCUT2D eigenvalue weighted by Crippen LogP contribution is 2.22. The van der Waals surface area contributed by atoms with Crippen LogP contribution in [0.4, 0.5) is 16.6 Å². The number of hydrogen-bond donors (Lipinski definition) is 1. The Bertz CT molecular complexity index is 675. The normalized spacial score (nSPS) is 17.6. The smallest absolute Gasteiger partial charge is 0.324 e. The maximum absolute atomic E-state index is 12.5. The van der Waals surface area contributed by atoms with Crippen LogP contribution in [0.25, 0.3) is 0 Å². The van der Waals surface area contributed by atoms with Crippen LogP contribution in [0, 0.1) is 5.92 Å². The summed E-state index contributed by atoms with van der Waals surface area (Å²) >= 11 is 1.68. The van der Waals surface area contributed by atoms with E-state index in [0.717, 1.165) is 43.2 Å². The molecule has 1 atom stereocenters. The molecule has 3 heterocycles. The van der Waals surface area contributed by atoms with Gasteiger partial charge in [-0.1, -0.05) is 0 Å². The fourth-order valence-electron chi connectivity index (χ4n) is 2.85. The molecule has 2 amide bonds. The van der Waals surface area contributed by atoms with E-state index in [-0.39, 0.29) is 6.03 Å². The van der Waals surface area contributed by atoms with Gasteiger partial charge in [-0.05, 0) is 24.8 Å². The Labute approximate surface area is 145 Å². The van der Waals surface area contributed by atoms with Gasteiger partial charge < -0.3 is 9.80 Å². The lowest BCUT2D eigenvalue weighted by Crippen LogP contribution is -2.43. The van der Waals surface area contributed by atoms with Gasteiger partial charge in [-0.2, -0.15) is 4.98 Å². The first-order valence-electron chi connectivity index (χ1n) is 8.06. The van der Waals surface area contributed by atoms with Crippen molar-refractivity contribution < 1.29 is 4.79 Å². The zero-order valence-corrected chi connectivity index (χ0v) is 14.8. The molecule has 2 aromatic heterocycles. The quantitative estimate of drug-likeness (QED) is 0.921. The SMILES string of the molecule is CN(C)c1ccnc(NC(=O)N2CCCC(Cc3nccs3)C2)n1. The van der Waals surface area contributed by atoms with Crippen LogP contribution in [0.15, 0.2) is 23.8 Å². The Kier molecular flexibility index (Phi) is 5.24. The Hall–Kier alpha value is -2.22. The van der Waals surface area contributed by atoms with Gasteiger partial charge in [-0.15, -0.1) is 11.3 Å². The van der Waals surface area contributed by atoms with E-state index in [9.17, 15) is 4.79 Å². The first kappa shape index (κ1) is 16.6. The predicted octanol–water partition coefficient (Wildman–Crippen LogP) is 2.49. The minimum atomic E-state index is -0.130. The molecule has 1 saturated heterocycles. The van der Waals surface area contributed by atoms with E-state index in [2.05, 4.69) is 20.3 Å². The number of rotatable bonds is 4. The average Bonchev–Trinajstić information content (AvgIpc) is 3.08. The molecule has 1 aliphatic rings. The van der Waals surface area contributed by atoms with E-state index in [1.807, 2.05) is 35.5 Å². The number of urea groups is 1. The van der Waals surface area contributed by atoms with Crippen LogP contribution in [-0.2, 0) is 6.42 Å². The average molecular weight is 346 g/mol. The van der Waals surface area contributed by atoms with Gasteiger partial charge in [0.15, 0.2) is 0 Å². The highest BCUT2D eigenvalue weighted by molar-refractivity contribution is 7.09. The molecule has 8 heteroatoms. The van der Waals surface area contributed by atoms with E-state index in [0.29, 0.717) is 11.9 Å². The van der Waals surface area contributed by atoms with Gasteiger partial charge in [0.2, 0.25) is 5.95 Å². The molecule has 0 spiro atoms. The summed E-state index contributed by atoms with van der Waals surface area (Å²) < 4.78 is 0. The zero-order valence-electron chi connectivity index (χ0n) is 14.0. The molecule has 128 valence electrons. The molecule has 1 fully saturated rings. The first-order chi connectivity index (χ1) is 11.6. The summed E-state index contributed by atoms with van der Waals surface area (Å²) in [5, 5.41) is 5.95. The molecule has 0 saturated carbocycles. The number of likely N-dealkylation sites (tertiary alicyclic amines) is 1. The lowest BCUT2D eigenvalue weighted by Gasteiger charge is -2.32. The number of anilines is 2. The molecule has 0 aliphatic carbocycles. The summed E-state index contributed by atoms with van der Waals surface area (Å²) in [7, 11) is 3.81. The second kappa shape index (κ2) is 7.57. The second-order valence-electron chi connectivity index (χ2n) is 6.15. The summed E-state index contributed by atoms with van der Waals surface area (Å²) in [5.74, 6) is 1.57. The van der Waals surface area contributed by atoms with Crippen molar-refractivity contribution in [3.8, 4) is 0 Å². The zero-order chi connectivity index (χ0) is 16.9. The molecule has 0 bridgehead atoms. The lowest BCUT2D eigenvalue weighted by atomic mass is 9.95. The highest BCUT2D eigenvalue weighted by atomic mass is 32.1. The van der Waals surface area contributed by atoms with Crippen molar-refractivity contribution in [2.75, 3.05) is 37.4 Å². The molecule has 7 nitrogen and oxygen atoms in total. The summed E-state index contributed by atoms with van der Waals surface area (Å²) in [5.41, 5.74) is 0. The molecular formula is C16H22N6OS. The Morgan fingerprint density at radius 3 is 3.04 bits per heavy atom. The Morgan fingerprint density at radius 2 is 2.29 bits per heavy atom. The summed E-state index contributed by atoms with van der Waals surface area (Å²) in [6.45, 7) is 1.52. The largest absolute Gasteiger partial charge is 0.363 e. The Balaban J connectivity index is 1.59. The number of thiazole rings is 1. The van der Waals surface area contributed by atoms with Crippen LogP contribution in [0.5, 0.6) is 0 Å². The molecule has 1 aliphatic heterocycles. The van der Waals surface area contributed by atoms with Gasteiger partial charge in [0, 0.05) is 51.4 Å². The van der Waals surface area contributed by atoms with E-state index in [4.69, 9.17) is 0 Å². The number of nitrogens with zero attached hydrogens (tertiary/aromatic N) is 5. The van der Waals surface area contributed by atoms with Crippen molar-refractivity contribution in [3.63, 3.8) is 0 Å². The van der Waals surface area contributed by atoms with Gasteiger partial charge in [0.05, 0.1) is 5.01 Å². The lowest BCUT2D eigenvalue weighted by molar-refractivity contribution is 0.177. The van der Waals surface area contributed by atoms with Gasteiger partial charge in [0.1, 0.15) is 5.82 Å². The van der Waals surface area contributed by atoms with Crippen LogP contribution < -0.4 is 10.2 Å². The van der Waals surface area contributed by atoms with Crippen molar-refractivity contribution >= 4 is 29.1 Å². The van der Waals surface area contributed by atoms with Gasteiger partial charge in [0.25, 0.3) is 0 Å². The first-order valence-corrected chi connectivity index (χ1v) is 8.94. The summed E-state index contributed by atoms with van der Waals surface area (Å²) in [4.78, 5) is 29.1. The Morgan fingerprint density at radius 1 is 1.42 bits per heavy atom. The molecule has 1 N–H and O–H groups in total. The second-order valence-corrected chi connectivity index (χ2v) is 7.13. The summed E-state index contributed by atoms with van der Waals surface area (Å²) in [6, 6.07) is 1.68. The third kappa shape index (κ3) is 4.19. The topological polar surface area (TPSA) is 74.2 Å². The van der Waals surface area contributed by atoms with Crippen LogP contribution in [0.3, 0.4) is 0 Å². The van der Waals surface area contributed by atoms with Crippen LogP contribution in [-0.4, -0.2) is 53.1 Å². The number of piperidine rings is 1. The summed E-state index contributed by atoms with van der Waals surface area (Å²) in [6.07, 6.45) is 6.58. The maximum atomic E-state index is 12.5. The molecular weight excluding hydrogens is 324 g/mol. The van der Waals surface area contributed by atoms with Crippen LogP contribution in [0.2, 0.25) is 0 Å². The van der Waals surface area contributed by atoms with Gasteiger partial charge in [-0.3, -0.25) is 5.32 Å². The number of aromatic nitrogens is 3. The standard InChI is InChI=1S/C16H22N6OS/c1-21(2)13-5-6-18-15(19-13)20-16(23)22-8-3-4-12(11-22)10-14-17-7-9-24-14/h5-7,9,12H,3-4,8,10-11H2,1-2H3,(H,18,19,20,23). The fourth-order valence-corrected chi connectivity index (χ4v) is 3.58. The number of nitrogens with one attached hydrogen (secondary N) is 1.